The molecule has 1 fully saturated rings. The number of rotatable bonds is 3. The molecule has 24 heavy (non-hydrogen) atoms. The molecule has 0 bridgehead atoms. The number of hydrogen-bond acceptors (Lipinski definition) is 2. The molecular weight excluding hydrogens is 340 g/mol. The van der Waals surface area contributed by atoms with Gasteiger partial charge in [0.15, 0.2) is 0 Å². The number of aromatic amines is 1. The summed E-state index contributed by atoms with van der Waals surface area (Å²) >= 11 is 7.73. The highest BCUT2D eigenvalue weighted by Crippen LogP contribution is 2.30. The topological polar surface area (TPSA) is 36.1 Å². The minimum absolute atomic E-state index is 0.237. The molecule has 0 radical (unpaired) electrons. The van der Waals surface area contributed by atoms with Crippen LogP contribution in [0.1, 0.15) is 29.3 Å². The highest BCUT2D eigenvalue weighted by molar-refractivity contribution is 7.10. The predicted molar refractivity (Wildman–Crippen MR) is 99.9 cm³/mol. The Balaban J connectivity index is 1.50. The molecule has 0 spiro atoms. The molecular formula is C19H19ClN2OS. The Kier molecular flexibility index (Phi) is 4.33. The molecule has 124 valence electrons. The summed E-state index contributed by atoms with van der Waals surface area (Å²) in [4.78, 5) is 19.2. The van der Waals surface area contributed by atoms with E-state index in [0.717, 1.165) is 46.7 Å². The number of nitrogens with zero attached hydrogens (tertiary/aromatic N) is 1. The average molecular weight is 359 g/mol. The summed E-state index contributed by atoms with van der Waals surface area (Å²) in [6.07, 6.45) is 2.69. The van der Waals surface area contributed by atoms with Crippen LogP contribution in [0.25, 0.3) is 10.9 Å². The van der Waals surface area contributed by atoms with Crippen molar-refractivity contribution in [3.8, 4) is 0 Å². The van der Waals surface area contributed by atoms with Gasteiger partial charge in [0, 0.05) is 45.5 Å². The SMILES string of the molecule is O=C(Cc1cccs1)N1CCCC(c2cc3cc(Cl)ccc3[nH]2)C1. The standard InChI is InChI=1S/C19H19ClN2OS/c20-15-5-6-17-14(9-15)10-18(21-17)13-3-1-7-22(12-13)19(23)11-16-4-2-8-24-16/h2,4-6,8-10,13,21H,1,3,7,11-12H2. The number of thiophene rings is 1. The maximum Gasteiger partial charge on any atom is 0.227 e. The molecule has 1 saturated heterocycles. The number of amides is 1. The molecule has 3 aromatic rings. The molecule has 0 aliphatic carbocycles. The molecule has 5 heteroatoms. The lowest BCUT2D eigenvalue weighted by Gasteiger charge is -2.32. The number of aromatic nitrogens is 1. The summed E-state index contributed by atoms with van der Waals surface area (Å²) < 4.78 is 0. The van der Waals surface area contributed by atoms with E-state index in [2.05, 4.69) is 11.1 Å². The summed E-state index contributed by atoms with van der Waals surface area (Å²) in [6, 6.07) is 12.1. The molecule has 1 aliphatic heterocycles. The van der Waals surface area contributed by atoms with Crippen LogP contribution in [-0.4, -0.2) is 28.9 Å². The second-order valence-corrected chi connectivity index (χ2v) is 7.86. The Hall–Kier alpha value is -1.78. The minimum atomic E-state index is 0.237. The summed E-state index contributed by atoms with van der Waals surface area (Å²) in [7, 11) is 0. The summed E-state index contributed by atoms with van der Waals surface area (Å²) in [5.74, 6) is 0.610. The molecule has 0 saturated carbocycles. The third-order valence-corrected chi connectivity index (χ3v) is 5.83. The van der Waals surface area contributed by atoms with Crippen LogP contribution in [0.5, 0.6) is 0 Å². The van der Waals surface area contributed by atoms with Crippen LogP contribution >= 0.6 is 22.9 Å². The van der Waals surface area contributed by atoms with Crippen molar-refractivity contribution in [1.29, 1.82) is 0 Å². The Bertz CT molecular complexity index is 856. The van der Waals surface area contributed by atoms with Gasteiger partial charge in [-0.1, -0.05) is 17.7 Å². The van der Waals surface area contributed by atoms with E-state index in [1.165, 1.54) is 5.69 Å². The molecule has 4 rings (SSSR count). The van der Waals surface area contributed by atoms with Crippen LogP contribution < -0.4 is 0 Å². The molecule has 3 heterocycles. The highest BCUT2D eigenvalue weighted by atomic mass is 35.5. The van der Waals surface area contributed by atoms with Gasteiger partial charge >= 0.3 is 0 Å². The van der Waals surface area contributed by atoms with Crippen molar-refractivity contribution in [3.05, 3.63) is 57.4 Å². The number of carbonyl (C=O) groups excluding carboxylic acids is 1. The fraction of sp³-hybridized carbons (Fsp3) is 0.316. The van der Waals surface area contributed by atoms with E-state index in [1.54, 1.807) is 11.3 Å². The quantitative estimate of drug-likeness (QED) is 0.715. The zero-order valence-electron chi connectivity index (χ0n) is 13.3. The lowest BCUT2D eigenvalue weighted by Crippen LogP contribution is -2.39. The zero-order chi connectivity index (χ0) is 16.5. The van der Waals surface area contributed by atoms with E-state index in [1.807, 2.05) is 40.6 Å². The van der Waals surface area contributed by atoms with Crippen LogP contribution in [0.15, 0.2) is 41.8 Å². The van der Waals surface area contributed by atoms with Crippen LogP contribution in [0.4, 0.5) is 0 Å². The van der Waals surface area contributed by atoms with Gasteiger partial charge in [0.2, 0.25) is 5.91 Å². The van der Waals surface area contributed by atoms with Crippen LogP contribution in [0, 0.1) is 0 Å². The number of H-pyrrole nitrogens is 1. The first-order valence-corrected chi connectivity index (χ1v) is 9.53. The molecule has 1 atom stereocenters. The van der Waals surface area contributed by atoms with Gasteiger partial charge in [-0.2, -0.15) is 0 Å². The first kappa shape index (κ1) is 15.7. The summed E-state index contributed by atoms with van der Waals surface area (Å²) in [5, 5.41) is 3.92. The fourth-order valence-corrected chi connectivity index (χ4v) is 4.35. The molecule has 2 aromatic heterocycles. The maximum atomic E-state index is 12.6. The van der Waals surface area contributed by atoms with Gasteiger partial charge in [-0.3, -0.25) is 4.79 Å². The Labute approximate surface area is 150 Å². The highest BCUT2D eigenvalue weighted by Gasteiger charge is 2.26. The number of piperidine rings is 1. The summed E-state index contributed by atoms with van der Waals surface area (Å²) in [5.41, 5.74) is 2.32. The van der Waals surface area contributed by atoms with E-state index in [-0.39, 0.29) is 5.91 Å². The van der Waals surface area contributed by atoms with Crippen molar-refractivity contribution in [3.63, 3.8) is 0 Å². The molecule has 1 N–H and O–H groups in total. The molecule has 3 nitrogen and oxygen atoms in total. The van der Waals surface area contributed by atoms with Crippen LogP contribution in [0.3, 0.4) is 0 Å². The Morgan fingerprint density at radius 3 is 3.08 bits per heavy atom. The smallest absolute Gasteiger partial charge is 0.227 e. The number of hydrogen-bond donors (Lipinski definition) is 1. The number of benzene rings is 1. The second-order valence-electron chi connectivity index (χ2n) is 6.39. The normalized spacial score (nSPS) is 18.2. The van der Waals surface area contributed by atoms with E-state index < -0.39 is 0 Å². The summed E-state index contributed by atoms with van der Waals surface area (Å²) in [6.45, 7) is 1.66. The van der Waals surface area contributed by atoms with Crippen molar-refractivity contribution >= 4 is 39.7 Å². The third kappa shape index (κ3) is 3.21. The van der Waals surface area contributed by atoms with E-state index >= 15 is 0 Å². The van der Waals surface area contributed by atoms with Crippen molar-refractivity contribution < 1.29 is 4.79 Å². The lowest BCUT2D eigenvalue weighted by molar-refractivity contribution is -0.131. The van der Waals surface area contributed by atoms with Gasteiger partial charge in [0.1, 0.15) is 0 Å². The fourth-order valence-electron chi connectivity index (χ4n) is 3.48. The van der Waals surface area contributed by atoms with Crippen molar-refractivity contribution in [1.82, 2.24) is 9.88 Å². The van der Waals surface area contributed by atoms with E-state index in [4.69, 9.17) is 11.6 Å². The van der Waals surface area contributed by atoms with Crippen LogP contribution in [0.2, 0.25) is 5.02 Å². The zero-order valence-corrected chi connectivity index (χ0v) is 14.9. The minimum Gasteiger partial charge on any atom is -0.358 e. The Morgan fingerprint density at radius 1 is 1.33 bits per heavy atom. The average Bonchev–Trinajstić information content (AvgIpc) is 3.24. The lowest BCUT2D eigenvalue weighted by atomic mass is 9.94. The van der Waals surface area contributed by atoms with Crippen LogP contribution in [-0.2, 0) is 11.2 Å². The first-order valence-electron chi connectivity index (χ1n) is 8.27. The first-order chi connectivity index (χ1) is 11.7. The number of fused-ring (bicyclic) bond motifs is 1. The van der Waals surface area contributed by atoms with Gasteiger partial charge in [0.25, 0.3) is 0 Å². The number of halogens is 1. The maximum absolute atomic E-state index is 12.6. The van der Waals surface area contributed by atoms with Gasteiger partial charge in [-0.05, 0) is 48.6 Å². The van der Waals surface area contributed by atoms with Crippen molar-refractivity contribution in [2.24, 2.45) is 0 Å². The molecule has 1 unspecified atom stereocenters. The predicted octanol–water partition coefficient (Wildman–Crippen LogP) is 4.83. The van der Waals surface area contributed by atoms with Gasteiger partial charge < -0.3 is 9.88 Å². The van der Waals surface area contributed by atoms with E-state index in [0.29, 0.717) is 12.3 Å². The molecule has 1 amide bonds. The number of nitrogens with one attached hydrogen (secondary N) is 1. The third-order valence-electron chi connectivity index (χ3n) is 4.72. The van der Waals surface area contributed by atoms with Gasteiger partial charge in [-0.15, -0.1) is 11.3 Å². The molecule has 1 aromatic carbocycles. The largest absolute Gasteiger partial charge is 0.358 e. The number of likely N-dealkylation sites (tertiary alicyclic amines) is 1. The monoisotopic (exact) mass is 358 g/mol. The molecule has 1 aliphatic rings. The second kappa shape index (κ2) is 6.61. The van der Waals surface area contributed by atoms with E-state index in [9.17, 15) is 4.79 Å². The van der Waals surface area contributed by atoms with Crippen molar-refractivity contribution in [2.75, 3.05) is 13.1 Å². The van der Waals surface area contributed by atoms with Crippen molar-refractivity contribution in [2.45, 2.75) is 25.2 Å². The van der Waals surface area contributed by atoms with Gasteiger partial charge in [0.05, 0.1) is 6.42 Å². The Morgan fingerprint density at radius 2 is 2.25 bits per heavy atom. The van der Waals surface area contributed by atoms with Gasteiger partial charge in [-0.25, -0.2) is 0 Å². The number of carbonyl (C=O) groups is 1.